The zero-order valence-corrected chi connectivity index (χ0v) is 15.1. The van der Waals surface area contributed by atoms with Crippen LogP contribution >= 0.6 is 12.2 Å². The van der Waals surface area contributed by atoms with E-state index in [1.54, 1.807) is 43.3 Å². The van der Waals surface area contributed by atoms with E-state index < -0.39 is 0 Å². The van der Waals surface area contributed by atoms with Gasteiger partial charge in [0.05, 0.1) is 25.3 Å². The first-order valence-corrected chi connectivity index (χ1v) is 8.20. The van der Waals surface area contributed by atoms with Crippen LogP contribution in [0.5, 0.6) is 11.5 Å². The molecule has 132 valence electrons. The molecule has 1 amide bonds. The first-order chi connectivity index (χ1) is 12.6. The number of nitrogens with zero attached hydrogens (tertiary/aromatic N) is 2. The van der Waals surface area contributed by atoms with Gasteiger partial charge in [0.25, 0.3) is 0 Å². The second-order valence-electron chi connectivity index (χ2n) is 5.35. The molecule has 0 saturated heterocycles. The van der Waals surface area contributed by atoms with Crippen LogP contribution in [0.1, 0.15) is 5.56 Å². The number of fused-ring (bicyclic) bond motifs is 1. The number of thiocarbonyl (C=S) groups is 1. The van der Waals surface area contributed by atoms with E-state index in [4.69, 9.17) is 21.7 Å². The first kappa shape index (κ1) is 17.6. The highest BCUT2D eigenvalue weighted by molar-refractivity contribution is 7.80. The topological polar surface area (TPSA) is 65.4 Å². The maximum absolute atomic E-state index is 12.2. The van der Waals surface area contributed by atoms with Crippen LogP contribution in [-0.2, 0) is 4.79 Å². The number of para-hydroxylation sites is 2. The lowest BCUT2D eigenvalue weighted by atomic mass is 10.2. The summed E-state index contributed by atoms with van der Waals surface area (Å²) in [6, 6.07) is 12.9. The molecule has 1 N–H and O–H groups in total. The molecule has 0 atom stereocenters. The molecule has 26 heavy (non-hydrogen) atoms. The first-order valence-electron chi connectivity index (χ1n) is 7.80. The van der Waals surface area contributed by atoms with Gasteiger partial charge in [-0.05, 0) is 48.1 Å². The minimum atomic E-state index is -0.331. The summed E-state index contributed by atoms with van der Waals surface area (Å²) in [5, 5.41) is 2.93. The number of carbonyl (C=O) groups excluding carboxylic acids is 1. The fraction of sp³-hybridized carbons (Fsp3) is 0.105. The summed E-state index contributed by atoms with van der Waals surface area (Å²) in [6.07, 6.45) is 4.67. The molecule has 7 heteroatoms. The van der Waals surface area contributed by atoms with Gasteiger partial charge < -0.3 is 9.47 Å². The zero-order valence-electron chi connectivity index (χ0n) is 14.3. The summed E-state index contributed by atoms with van der Waals surface area (Å²) in [5.41, 5.74) is 2.45. The van der Waals surface area contributed by atoms with Crippen molar-refractivity contribution in [3.05, 3.63) is 60.4 Å². The van der Waals surface area contributed by atoms with Crippen LogP contribution in [0.3, 0.4) is 0 Å². The molecule has 0 bridgehead atoms. The Hall–Kier alpha value is -3.19. The van der Waals surface area contributed by atoms with Crippen LogP contribution in [0.4, 0.5) is 0 Å². The lowest BCUT2D eigenvalue weighted by Crippen LogP contribution is -2.32. The number of benzene rings is 2. The Morgan fingerprint density at radius 3 is 2.69 bits per heavy atom. The van der Waals surface area contributed by atoms with Gasteiger partial charge in [-0.2, -0.15) is 0 Å². The maximum atomic E-state index is 12.2. The molecule has 0 aliphatic heterocycles. The highest BCUT2D eigenvalue weighted by Gasteiger charge is 2.08. The molecule has 3 aromatic rings. The number of carbonyl (C=O) groups is 1. The number of methoxy groups -OCH3 is 2. The van der Waals surface area contributed by atoms with Crippen molar-refractivity contribution < 1.29 is 14.3 Å². The molecule has 0 aliphatic carbocycles. The van der Waals surface area contributed by atoms with Crippen molar-refractivity contribution in [3.63, 3.8) is 0 Å². The van der Waals surface area contributed by atoms with E-state index in [0.29, 0.717) is 11.5 Å². The number of hydrogen-bond acceptors (Lipinski definition) is 5. The molecule has 1 aromatic heterocycles. The lowest BCUT2D eigenvalue weighted by Gasteiger charge is -2.08. The standard InChI is InChI=1S/C19H17N3O3S/c1-24-16-9-7-13(11-17(16)25-2)8-10-18(23)21-19(26)22-12-20-14-5-3-4-6-15(14)22/h3-12H,1-2H3,(H,21,23,26). The van der Waals surface area contributed by atoms with E-state index in [1.807, 2.05) is 30.3 Å². The number of ether oxygens (including phenoxy) is 2. The van der Waals surface area contributed by atoms with E-state index >= 15 is 0 Å². The summed E-state index contributed by atoms with van der Waals surface area (Å²) in [4.78, 5) is 16.4. The molecule has 0 spiro atoms. The van der Waals surface area contributed by atoms with E-state index in [0.717, 1.165) is 16.6 Å². The minimum absolute atomic E-state index is 0.265. The van der Waals surface area contributed by atoms with Crippen molar-refractivity contribution in [2.24, 2.45) is 0 Å². The van der Waals surface area contributed by atoms with Crippen molar-refractivity contribution in [1.29, 1.82) is 0 Å². The number of nitrogens with one attached hydrogen (secondary N) is 1. The quantitative estimate of drug-likeness (QED) is 0.567. The summed E-state index contributed by atoms with van der Waals surface area (Å²) >= 11 is 5.30. The van der Waals surface area contributed by atoms with Crippen molar-refractivity contribution in [3.8, 4) is 11.5 Å². The highest BCUT2D eigenvalue weighted by atomic mass is 32.1. The fourth-order valence-corrected chi connectivity index (χ4v) is 2.70. The van der Waals surface area contributed by atoms with E-state index in [9.17, 15) is 4.79 Å². The lowest BCUT2D eigenvalue weighted by molar-refractivity contribution is -0.115. The van der Waals surface area contributed by atoms with Gasteiger partial charge in [-0.3, -0.25) is 14.7 Å². The zero-order chi connectivity index (χ0) is 18.5. The SMILES string of the molecule is COc1ccc(C=CC(=O)NC(=S)n2cnc3ccccc32)cc1OC. The maximum Gasteiger partial charge on any atom is 0.250 e. The van der Waals surface area contributed by atoms with Crippen LogP contribution in [0.15, 0.2) is 54.9 Å². The van der Waals surface area contributed by atoms with Gasteiger partial charge in [-0.25, -0.2) is 4.98 Å². The summed E-state index contributed by atoms with van der Waals surface area (Å²) in [6.45, 7) is 0. The molecule has 3 rings (SSSR count). The normalized spacial score (nSPS) is 10.8. The summed E-state index contributed by atoms with van der Waals surface area (Å²) in [5.74, 6) is 0.889. The molecule has 0 saturated carbocycles. The van der Waals surface area contributed by atoms with Crippen LogP contribution in [0.2, 0.25) is 0 Å². The Morgan fingerprint density at radius 2 is 1.92 bits per heavy atom. The smallest absolute Gasteiger partial charge is 0.250 e. The van der Waals surface area contributed by atoms with Crippen molar-refractivity contribution >= 4 is 40.3 Å². The average Bonchev–Trinajstić information content (AvgIpc) is 3.10. The highest BCUT2D eigenvalue weighted by Crippen LogP contribution is 2.27. The Morgan fingerprint density at radius 1 is 1.15 bits per heavy atom. The van der Waals surface area contributed by atoms with E-state index in [1.165, 1.54) is 6.08 Å². The Bertz CT molecular complexity index is 995. The number of amides is 1. The molecular formula is C19H17N3O3S. The predicted molar refractivity (Wildman–Crippen MR) is 104 cm³/mol. The van der Waals surface area contributed by atoms with Crippen LogP contribution in [0, 0.1) is 0 Å². The third-order valence-electron chi connectivity index (χ3n) is 3.74. The number of imidazole rings is 1. The van der Waals surface area contributed by atoms with Crippen LogP contribution in [0.25, 0.3) is 17.1 Å². The molecule has 0 radical (unpaired) electrons. The fourth-order valence-electron chi connectivity index (χ4n) is 2.46. The largest absolute Gasteiger partial charge is 0.493 e. The molecular weight excluding hydrogens is 350 g/mol. The van der Waals surface area contributed by atoms with Gasteiger partial charge in [-0.1, -0.05) is 18.2 Å². The number of rotatable bonds is 4. The summed E-state index contributed by atoms with van der Waals surface area (Å²) in [7, 11) is 3.13. The molecule has 0 aliphatic rings. The monoisotopic (exact) mass is 367 g/mol. The Labute approximate surface area is 156 Å². The number of aromatic nitrogens is 2. The van der Waals surface area contributed by atoms with Gasteiger partial charge in [0.15, 0.2) is 16.6 Å². The Balaban J connectivity index is 1.70. The second kappa shape index (κ2) is 7.79. The third-order valence-corrected chi connectivity index (χ3v) is 4.04. The van der Waals surface area contributed by atoms with Gasteiger partial charge in [0.1, 0.15) is 6.33 Å². The molecule has 0 fully saturated rings. The van der Waals surface area contributed by atoms with Gasteiger partial charge >= 0.3 is 0 Å². The average molecular weight is 367 g/mol. The number of hydrogen-bond donors (Lipinski definition) is 1. The van der Waals surface area contributed by atoms with E-state index in [2.05, 4.69) is 10.3 Å². The van der Waals surface area contributed by atoms with Gasteiger partial charge in [0, 0.05) is 6.08 Å². The second-order valence-corrected chi connectivity index (χ2v) is 5.73. The Kier molecular flexibility index (Phi) is 5.28. The van der Waals surface area contributed by atoms with Crippen molar-refractivity contribution in [1.82, 2.24) is 14.9 Å². The predicted octanol–water partition coefficient (Wildman–Crippen LogP) is 3.02. The van der Waals surface area contributed by atoms with Crippen molar-refractivity contribution in [2.45, 2.75) is 0 Å². The minimum Gasteiger partial charge on any atom is -0.493 e. The van der Waals surface area contributed by atoms with Crippen LogP contribution < -0.4 is 14.8 Å². The van der Waals surface area contributed by atoms with E-state index in [-0.39, 0.29) is 11.0 Å². The summed E-state index contributed by atoms with van der Waals surface area (Å²) < 4.78 is 12.1. The molecule has 6 nitrogen and oxygen atoms in total. The van der Waals surface area contributed by atoms with Gasteiger partial charge in [0.2, 0.25) is 5.91 Å². The molecule has 0 unspecified atom stereocenters. The third kappa shape index (κ3) is 3.73. The van der Waals surface area contributed by atoms with Crippen LogP contribution in [-0.4, -0.2) is 34.8 Å². The van der Waals surface area contributed by atoms with Crippen molar-refractivity contribution in [2.75, 3.05) is 14.2 Å². The molecule has 1 heterocycles. The molecule has 2 aromatic carbocycles. The van der Waals surface area contributed by atoms with Gasteiger partial charge in [-0.15, -0.1) is 0 Å².